The number of hydrogen-bond donors (Lipinski definition) is 2. The van der Waals surface area contributed by atoms with Crippen molar-refractivity contribution in [3.8, 4) is 0 Å². The molecule has 0 radical (unpaired) electrons. The molecule has 2 N–H and O–H groups in total. The summed E-state index contributed by atoms with van der Waals surface area (Å²) in [4.78, 5) is 14.7. The van der Waals surface area contributed by atoms with Gasteiger partial charge in [0.25, 0.3) is 0 Å². The number of hydrogen-bond acceptors (Lipinski definition) is 3. The van der Waals surface area contributed by atoms with Crippen LogP contribution in [-0.2, 0) is 6.42 Å². The minimum Gasteiger partial charge on any atom is -0.478 e. The van der Waals surface area contributed by atoms with Crippen LogP contribution in [0, 0.1) is 0 Å². The zero-order chi connectivity index (χ0) is 8.55. The van der Waals surface area contributed by atoms with E-state index in [1.165, 1.54) is 12.3 Å². The number of rotatable bonds is 1. The summed E-state index contributed by atoms with van der Waals surface area (Å²) in [7, 11) is 0. The Morgan fingerprint density at radius 2 is 2.50 bits per heavy atom. The zero-order valence-electron chi connectivity index (χ0n) is 6.37. The predicted octanol–water partition coefficient (Wildman–Crippen LogP) is 0.748. The molecule has 0 saturated carbocycles. The molecule has 0 fully saturated rings. The molecule has 0 saturated heterocycles. The molecule has 4 nitrogen and oxygen atoms in total. The molecule has 62 valence electrons. The van der Waals surface area contributed by atoms with E-state index in [1.807, 2.05) is 0 Å². The van der Waals surface area contributed by atoms with E-state index in [1.54, 1.807) is 0 Å². The molecule has 2 rings (SSSR count). The first-order valence-electron chi connectivity index (χ1n) is 3.74. The van der Waals surface area contributed by atoms with E-state index in [4.69, 9.17) is 5.11 Å². The number of aromatic carboxylic acids is 1. The molecule has 12 heavy (non-hydrogen) atoms. The van der Waals surface area contributed by atoms with Crippen LogP contribution in [0.5, 0.6) is 0 Å². The molecule has 0 spiro atoms. The van der Waals surface area contributed by atoms with Gasteiger partial charge in [-0.05, 0) is 12.5 Å². The Morgan fingerprint density at radius 3 is 3.25 bits per heavy atom. The zero-order valence-corrected chi connectivity index (χ0v) is 6.37. The summed E-state index contributed by atoms with van der Waals surface area (Å²) >= 11 is 0. The maximum absolute atomic E-state index is 10.7. The molecule has 0 unspecified atom stereocenters. The Balaban J connectivity index is 2.56. The fourth-order valence-electron chi connectivity index (χ4n) is 1.40. The van der Waals surface area contributed by atoms with E-state index in [2.05, 4.69) is 10.3 Å². The highest BCUT2D eigenvalue weighted by Gasteiger charge is 2.18. The van der Waals surface area contributed by atoms with Gasteiger partial charge in [0.2, 0.25) is 0 Å². The average Bonchev–Trinajstić information content (AvgIpc) is 2.49. The number of nitrogens with one attached hydrogen (secondary N) is 1. The van der Waals surface area contributed by atoms with Crippen molar-refractivity contribution in [3.63, 3.8) is 0 Å². The van der Waals surface area contributed by atoms with E-state index in [9.17, 15) is 4.79 Å². The van der Waals surface area contributed by atoms with E-state index >= 15 is 0 Å². The lowest BCUT2D eigenvalue weighted by atomic mass is 10.1. The molecule has 1 aromatic heterocycles. The molecule has 0 aromatic carbocycles. The second kappa shape index (κ2) is 2.48. The third kappa shape index (κ3) is 0.922. The maximum Gasteiger partial charge on any atom is 0.336 e. The second-order valence-corrected chi connectivity index (χ2v) is 2.67. The molecule has 4 heteroatoms. The number of anilines is 1. The summed E-state index contributed by atoms with van der Waals surface area (Å²) in [6.45, 7) is 0.784. The van der Waals surface area contributed by atoms with Crippen molar-refractivity contribution >= 4 is 11.8 Å². The lowest BCUT2D eigenvalue weighted by molar-refractivity contribution is 0.0696. The van der Waals surface area contributed by atoms with Crippen LogP contribution in [0.15, 0.2) is 12.3 Å². The van der Waals surface area contributed by atoms with E-state index in [-0.39, 0.29) is 0 Å². The lowest BCUT2D eigenvalue weighted by Crippen LogP contribution is -2.01. The largest absolute Gasteiger partial charge is 0.478 e. The van der Waals surface area contributed by atoms with Gasteiger partial charge >= 0.3 is 5.97 Å². The summed E-state index contributed by atoms with van der Waals surface area (Å²) in [5.41, 5.74) is 1.19. The first kappa shape index (κ1) is 7.09. The van der Waals surface area contributed by atoms with Gasteiger partial charge in [0, 0.05) is 18.3 Å². The van der Waals surface area contributed by atoms with Crippen LogP contribution in [0.4, 0.5) is 5.82 Å². The van der Waals surface area contributed by atoms with Gasteiger partial charge in [-0.1, -0.05) is 0 Å². The molecule has 1 aromatic rings. The Hall–Kier alpha value is -1.58. The van der Waals surface area contributed by atoms with Crippen molar-refractivity contribution in [2.45, 2.75) is 6.42 Å². The summed E-state index contributed by atoms with van der Waals surface area (Å²) in [6.07, 6.45) is 2.27. The number of carboxylic acid groups (broad SMARTS) is 1. The lowest BCUT2D eigenvalue weighted by Gasteiger charge is -2.00. The number of fused-ring (bicyclic) bond motifs is 1. The predicted molar refractivity (Wildman–Crippen MR) is 43.4 cm³/mol. The van der Waals surface area contributed by atoms with Gasteiger partial charge in [-0.3, -0.25) is 0 Å². The third-order valence-corrected chi connectivity index (χ3v) is 1.95. The summed E-state index contributed by atoms with van der Waals surface area (Å²) in [5.74, 6) is -0.160. The van der Waals surface area contributed by atoms with Crippen molar-refractivity contribution in [1.29, 1.82) is 0 Å². The first-order chi connectivity index (χ1) is 5.79. The highest BCUT2D eigenvalue weighted by atomic mass is 16.4. The van der Waals surface area contributed by atoms with Gasteiger partial charge in [0.1, 0.15) is 5.82 Å². The van der Waals surface area contributed by atoms with Gasteiger partial charge in [0.15, 0.2) is 0 Å². The Bertz CT molecular complexity index is 336. The average molecular weight is 164 g/mol. The molecule has 0 amide bonds. The number of nitrogens with zero attached hydrogens (tertiary/aromatic N) is 1. The van der Waals surface area contributed by atoms with Gasteiger partial charge in [-0.2, -0.15) is 0 Å². The fraction of sp³-hybridized carbons (Fsp3) is 0.250. The maximum atomic E-state index is 10.7. The molecule has 1 aliphatic heterocycles. The molecular weight excluding hydrogens is 156 g/mol. The summed E-state index contributed by atoms with van der Waals surface area (Å²) in [6, 6.07) is 1.54. The van der Waals surface area contributed by atoms with Crippen molar-refractivity contribution in [2.75, 3.05) is 11.9 Å². The molecule has 2 heterocycles. The second-order valence-electron chi connectivity index (χ2n) is 2.67. The molecule has 1 aliphatic rings. The van der Waals surface area contributed by atoms with Crippen LogP contribution < -0.4 is 5.32 Å². The van der Waals surface area contributed by atoms with Gasteiger partial charge in [0.05, 0.1) is 5.56 Å². The number of carboxylic acids is 1. The monoisotopic (exact) mass is 164 g/mol. The summed E-state index contributed by atoms with van der Waals surface area (Å²) in [5, 5.41) is 11.8. The van der Waals surface area contributed by atoms with Gasteiger partial charge < -0.3 is 10.4 Å². The Labute approximate surface area is 69.2 Å². The van der Waals surface area contributed by atoms with Crippen LogP contribution in [0.3, 0.4) is 0 Å². The fourth-order valence-corrected chi connectivity index (χ4v) is 1.40. The van der Waals surface area contributed by atoms with Crippen molar-refractivity contribution in [3.05, 3.63) is 23.4 Å². The van der Waals surface area contributed by atoms with Crippen LogP contribution in [0.25, 0.3) is 0 Å². The first-order valence-corrected chi connectivity index (χ1v) is 3.74. The molecule has 0 aliphatic carbocycles. The van der Waals surface area contributed by atoms with Gasteiger partial charge in [-0.15, -0.1) is 0 Å². The highest BCUT2D eigenvalue weighted by Crippen LogP contribution is 2.22. The Kier molecular flexibility index (Phi) is 1.46. The van der Waals surface area contributed by atoms with Crippen LogP contribution in [0.2, 0.25) is 0 Å². The van der Waals surface area contributed by atoms with Crippen LogP contribution in [0.1, 0.15) is 15.9 Å². The molecule has 0 atom stereocenters. The number of carbonyl (C=O) groups is 1. The van der Waals surface area contributed by atoms with Crippen molar-refractivity contribution < 1.29 is 9.90 Å². The van der Waals surface area contributed by atoms with E-state index in [0.717, 1.165) is 24.3 Å². The SMILES string of the molecule is O=C(O)c1ccnc2c1CCN2. The van der Waals surface area contributed by atoms with Crippen LogP contribution >= 0.6 is 0 Å². The normalized spacial score (nSPS) is 13.7. The van der Waals surface area contributed by atoms with Crippen molar-refractivity contribution in [2.24, 2.45) is 0 Å². The van der Waals surface area contributed by atoms with E-state index < -0.39 is 5.97 Å². The van der Waals surface area contributed by atoms with E-state index in [0.29, 0.717) is 5.56 Å². The van der Waals surface area contributed by atoms with Crippen LogP contribution in [-0.4, -0.2) is 22.6 Å². The van der Waals surface area contributed by atoms with Crippen molar-refractivity contribution in [1.82, 2.24) is 4.98 Å². The molecular formula is C8H8N2O2. The topological polar surface area (TPSA) is 62.2 Å². The minimum absolute atomic E-state index is 0.366. The molecule has 0 bridgehead atoms. The Morgan fingerprint density at radius 1 is 1.67 bits per heavy atom. The minimum atomic E-state index is -0.877. The number of pyridine rings is 1. The number of aromatic nitrogens is 1. The standard InChI is InChI=1S/C8H8N2O2/c11-8(12)6-2-4-10-7-5(6)1-3-9-7/h2,4H,1,3H2,(H,9,10)(H,11,12). The smallest absolute Gasteiger partial charge is 0.336 e. The quantitative estimate of drug-likeness (QED) is 0.642. The van der Waals surface area contributed by atoms with Gasteiger partial charge in [-0.25, -0.2) is 9.78 Å². The summed E-state index contributed by atoms with van der Waals surface area (Å²) < 4.78 is 0. The highest BCUT2D eigenvalue weighted by molar-refractivity contribution is 5.91. The third-order valence-electron chi connectivity index (χ3n) is 1.95.